The first kappa shape index (κ1) is 15.5. The first-order valence-electron chi connectivity index (χ1n) is 7.27. The van der Waals surface area contributed by atoms with Gasteiger partial charge in [-0.25, -0.2) is 4.98 Å². The van der Waals surface area contributed by atoms with Crippen LogP contribution < -0.4 is 0 Å². The first-order valence-corrected chi connectivity index (χ1v) is 8.26. The van der Waals surface area contributed by atoms with Gasteiger partial charge >= 0.3 is 0 Å². The van der Waals surface area contributed by atoms with Crippen LogP contribution in [-0.2, 0) is 0 Å². The van der Waals surface area contributed by atoms with E-state index in [-0.39, 0.29) is 17.4 Å². The van der Waals surface area contributed by atoms with Gasteiger partial charge in [0.15, 0.2) is 10.9 Å². The van der Waals surface area contributed by atoms with Gasteiger partial charge in [0, 0.05) is 12.5 Å². The molecular weight excluding hydrogens is 308 g/mol. The predicted octanol–water partition coefficient (Wildman–Crippen LogP) is 3.98. The van der Waals surface area contributed by atoms with Crippen molar-refractivity contribution < 1.29 is 9.59 Å². The Morgan fingerprint density at radius 3 is 2.57 bits per heavy atom. The molecule has 0 bridgehead atoms. The molecular formula is C18H16N2O2S. The summed E-state index contributed by atoms with van der Waals surface area (Å²) in [5.74, 6) is 0.166. The van der Waals surface area contributed by atoms with Crippen molar-refractivity contribution in [3.63, 3.8) is 0 Å². The van der Waals surface area contributed by atoms with Gasteiger partial charge in [0.25, 0.3) is 0 Å². The highest BCUT2D eigenvalue weighted by Crippen LogP contribution is 2.25. The van der Waals surface area contributed by atoms with E-state index in [1.54, 1.807) is 16.7 Å². The van der Waals surface area contributed by atoms with Crippen LogP contribution in [0.4, 0.5) is 0 Å². The Balaban J connectivity index is 1.89. The fourth-order valence-electron chi connectivity index (χ4n) is 2.41. The Labute approximate surface area is 138 Å². The van der Waals surface area contributed by atoms with Crippen molar-refractivity contribution >= 4 is 34.5 Å². The molecule has 2 aromatic carbocycles. The smallest absolute Gasteiger partial charge is 0.230 e. The lowest BCUT2D eigenvalue weighted by molar-refractivity contribution is 0.0930. The van der Waals surface area contributed by atoms with E-state index in [0.29, 0.717) is 10.7 Å². The van der Waals surface area contributed by atoms with Crippen molar-refractivity contribution in [1.29, 1.82) is 0 Å². The molecule has 3 rings (SSSR count). The molecule has 0 aliphatic carbocycles. The maximum Gasteiger partial charge on any atom is 0.230 e. The molecule has 1 heterocycles. The Hall–Kier alpha value is -2.40. The molecule has 0 aliphatic heterocycles. The molecule has 0 saturated carbocycles. The van der Waals surface area contributed by atoms with E-state index >= 15 is 0 Å². The fraction of sp³-hybridized carbons (Fsp3) is 0.167. The third-order valence-electron chi connectivity index (χ3n) is 3.52. The molecule has 116 valence electrons. The van der Waals surface area contributed by atoms with Crippen LogP contribution in [0.5, 0.6) is 0 Å². The average Bonchev–Trinajstić information content (AvgIpc) is 2.91. The van der Waals surface area contributed by atoms with Crippen LogP contribution in [0.15, 0.2) is 53.7 Å². The highest BCUT2D eigenvalue weighted by molar-refractivity contribution is 7.99. The number of Topliss-reactive ketones (excluding diaryl/α,β-unsaturated/α-hetero) is 1. The number of ketones is 1. The summed E-state index contributed by atoms with van der Waals surface area (Å²) in [5.41, 5.74) is 3.30. The van der Waals surface area contributed by atoms with Gasteiger partial charge in [-0.2, -0.15) is 0 Å². The van der Waals surface area contributed by atoms with E-state index in [0.717, 1.165) is 16.6 Å². The zero-order chi connectivity index (χ0) is 16.4. The quantitative estimate of drug-likeness (QED) is 0.538. The molecule has 23 heavy (non-hydrogen) atoms. The lowest BCUT2D eigenvalue weighted by atomic mass is 10.2. The minimum atomic E-state index is -0.106. The van der Waals surface area contributed by atoms with E-state index in [1.165, 1.54) is 18.7 Å². The minimum Gasteiger partial charge on any atom is -0.293 e. The van der Waals surface area contributed by atoms with Crippen molar-refractivity contribution in [1.82, 2.24) is 9.55 Å². The molecule has 1 aromatic heterocycles. The average molecular weight is 324 g/mol. The molecule has 4 nitrogen and oxygen atoms in total. The number of aryl methyl sites for hydroxylation is 1. The van der Waals surface area contributed by atoms with Gasteiger partial charge in [-0.15, -0.1) is 0 Å². The van der Waals surface area contributed by atoms with Crippen LogP contribution in [0.2, 0.25) is 0 Å². The number of fused-ring (bicyclic) bond motifs is 1. The number of carbonyl (C=O) groups excluding carboxylic acids is 2. The SMILES string of the molecule is CC(=O)n1c(SCC(=O)c2ccccc2)nc2cc(C)ccc21. The Kier molecular flexibility index (Phi) is 4.30. The molecule has 0 amide bonds. The number of rotatable bonds is 4. The number of carbonyl (C=O) groups is 2. The molecule has 0 atom stereocenters. The molecule has 0 saturated heterocycles. The van der Waals surface area contributed by atoms with Gasteiger partial charge in [-0.05, 0) is 24.6 Å². The second-order valence-electron chi connectivity index (χ2n) is 5.32. The zero-order valence-electron chi connectivity index (χ0n) is 12.9. The van der Waals surface area contributed by atoms with E-state index < -0.39 is 0 Å². The normalized spacial score (nSPS) is 10.9. The third kappa shape index (κ3) is 3.19. The molecule has 0 radical (unpaired) electrons. The molecule has 5 heteroatoms. The Bertz CT molecular complexity index is 885. The summed E-state index contributed by atoms with van der Waals surface area (Å²) in [6.07, 6.45) is 0. The number of hydrogen-bond donors (Lipinski definition) is 0. The lowest BCUT2D eigenvalue weighted by Crippen LogP contribution is -2.09. The predicted molar refractivity (Wildman–Crippen MR) is 92.3 cm³/mol. The molecule has 3 aromatic rings. The Morgan fingerprint density at radius 1 is 1.13 bits per heavy atom. The molecule has 0 unspecified atom stereocenters. The maximum absolute atomic E-state index is 12.2. The van der Waals surface area contributed by atoms with Crippen molar-refractivity contribution in [3.05, 3.63) is 59.7 Å². The lowest BCUT2D eigenvalue weighted by Gasteiger charge is -2.04. The summed E-state index contributed by atoms with van der Waals surface area (Å²) in [5, 5.41) is 0.558. The van der Waals surface area contributed by atoms with Gasteiger partial charge in [0.05, 0.1) is 16.8 Å². The van der Waals surface area contributed by atoms with Crippen molar-refractivity contribution in [2.24, 2.45) is 0 Å². The van der Waals surface area contributed by atoms with Crippen LogP contribution in [0.25, 0.3) is 11.0 Å². The van der Waals surface area contributed by atoms with E-state index in [1.807, 2.05) is 43.3 Å². The van der Waals surface area contributed by atoms with Crippen LogP contribution >= 0.6 is 11.8 Å². The van der Waals surface area contributed by atoms with Crippen LogP contribution in [0.3, 0.4) is 0 Å². The number of hydrogen-bond acceptors (Lipinski definition) is 4. The number of nitrogens with zero attached hydrogens (tertiary/aromatic N) is 2. The van der Waals surface area contributed by atoms with E-state index in [2.05, 4.69) is 4.98 Å². The van der Waals surface area contributed by atoms with E-state index in [4.69, 9.17) is 0 Å². The van der Waals surface area contributed by atoms with Crippen molar-refractivity contribution in [2.75, 3.05) is 5.75 Å². The van der Waals surface area contributed by atoms with Gasteiger partial charge in [-0.1, -0.05) is 48.2 Å². The third-order valence-corrected chi connectivity index (χ3v) is 4.46. The van der Waals surface area contributed by atoms with Gasteiger partial charge in [0.1, 0.15) is 0 Å². The van der Waals surface area contributed by atoms with Crippen LogP contribution in [0.1, 0.15) is 27.6 Å². The van der Waals surface area contributed by atoms with Crippen molar-refractivity contribution in [2.45, 2.75) is 19.0 Å². The summed E-state index contributed by atoms with van der Waals surface area (Å²) in [6, 6.07) is 14.9. The van der Waals surface area contributed by atoms with Crippen molar-refractivity contribution in [3.8, 4) is 0 Å². The Morgan fingerprint density at radius 2 is 1.87 bits per heavy atom. The standard InChI is InChI=1S/C18H16N2O2S/c1-12-8-9-16-15(10-12)19-18(20(16)13(2)21)23-11-17(22)14-6-4-3-5-7-14/h3-10H,11H2,1-2H3. The van der Waals surface area contributed by atoms with Gasteiger partial charge < -0.3 is 0 Å². The zero-order valence-corrected chi connectivity index (χ0v) is 13.8. The van der Waals surface area contributed by atoms with Crippen LogP contribution in [-0.4, -0.2) is 27.0 Å². The van der Waals surface area contributed by atoms with E-state index in [9.17, 15) is 9.59 Å². The molecule has 0 aliphatic rings. The summed E-state index contributed by atoms with van der Waals surface area (Å²) >= 11 is 1.29. The monoisotopic (exact) mass is 324 g/mol. The minimum absolute atomic E-state index is 0.0222. The largest absolute Gasteiger partial charge is 0.293 e. The summed E-state index contributed by atoms with van der Waals surface area (Å²) in [6.45, 7) is 3.49. The highest BCUT2D eigenvalue weighted by Gasteiger charge is 2.16. The second kappa shape index (κ2) is 6.38. The first-order chi connectivity index (χ1) is 11.1. The fourth-order valence-corrected chi connectivity index (χ4v) is 3.35. The highest BCUT2D eigenvalue weighted by atomic mass is 32.2. The molecule has 0 spiro atoms. The van der Waals surface area contributed by atoms with Crippen LogP contribution in [0, 0.1) is 6.92 Å². The van der Waals surface area contributed by atoms with Gasteiger partial charge in [0.2, 0.25) is 5.91 Å². The second-order valence-corrected chi connectivity index (χ2v) is 6.26. The molecule has 0 N–H and O–H groups in total. The number of aromatic nitrogens is 2. The molecule has 0 fully saturated rings. The summed E-state index contributed by atoms with van der Waals surface area (Å²) < 4.78 is 1.57. The summed E-state index contributed by atoms with van der Waals surface area (Å²) in [4.78, 5) is 28.7. The topological polar surface area (TPSA) is 52.0 Å². The van der Waals surface area contributed by atoms with Gasteiger partial charge in [-0.3, -0.25) is 14.2 Å². The maximum atomic E-state index is 12.2. The number of imidazole rings is 1. The number of benzene rings is 2. The number of thioether (sulfide) groups is 1. The summed E-state index contributed by atoms with van der Waals surface area (Å²) in [7, 11) is 0.